The first-order valence-electron chi connectivity index (χ1n) is 4.54. The highest BCUT2D eigenvalue weighted by atomic mass is 19.3. The largest absolute Gasteiger partial charge is 0.586 e. The van der Waals surface area contributed by atoms with E-state index in [-0.39, 0.29) is 16.9 Å². The van der Waals surface area contributed by atoms with Crippen molar-refractivity contribution in [2.45, 2.75) is 32.5 Å². The van der Waals surface area contributed by atoms with Gasteiger partial charge in [-0.15, -0.1) is 8.78 Å². The van der Waals surface area contributed by atoms with Crippen molar-refractivity contribution in [3.63, 3.8) is 0 Å². The maximum absolute atomic E-state index is 12.7. The zero-order valence-corrected chi connectivity index (χ0v) is 8.67. The summed E-state index contributed by atoms with van der Waals surface area (Å²) in [7, 11) is 0. The first kappa shape index (κ1) is 10.1. The lowest BCUT2D eigenvalue weighted by Gasteiger charge is -2.17. The van der Waals surface area contributed by atoms with Crippen molar-refractivity contribution >= 4 is 0 Å². The lowest BCUT2D eigenvalue weighted by molar-refractivity contribution is -0.286. The molecule has 0 saturated carbocycles. The zero-order chi connectivity index (χ0) is 11.3. The van der Waals surface area contributed by atoms with Gasteiger partial charge in [0, 0.05) is 17.2 Å². The van der Waals surface area contributed by atoms with Gasteiger partial charge in [0.1, 0.15) is 0 Å². The molecule has 5 heteroatoms. The summed E-state index contributed by atoms with van der Waals surface area (Å²) < 4.78 is 34.0. The number of hydrogen-bond donors (Lipinski definition) is 0. The molecule has 2 rings (SSSR count). The van der Waals surface area contributed by atoms with E-state index in [1.54, 1.807) is 0 Å². The van der Waals surface area contributed by atoms with Crippen molar-refractivity contribution in [1.82, 2.24) is 4.98 Å². The molecule has 0 N–H and O–H groups in total. The van der Waals surface area contributed by atoms with Crippen LogP contribution in [-0.4, -0.2) is 11.3 Å². The lowest BCUT2D eigenvalue weighted by atomic mass is 9.91. The van der Waals surface area contributed by atoms with E-state index in [1.807, 2.05) is 20.8 Å². The highest BCUT2D eigenvalue weighted by molar-refractivity contribution is 5.42. The fourth-order valence-corrected chi connectivity index (χ4v) is 1.27. The second-order valence-electron chi connectivity index (χ2n) is 4.43. The van der Waals surface area contributed by atoms with E-state index in [4.69, 9.17) is 0 Å². The lowest BCUT2D eigenvalue weighted by Crippen LogP contribution is -2.25. The van der Waals surface area contributed by atoms with Gasteiger partial charge < -0.3 is 9.47 Å². The van der Waals surface area contributed by atoms with Crippen LogP contribution in [0.3, 0.4) is 0 Å². The van der Waals surface area contributed by atoms with Crippen LogP contribution in [0.1, 0.15) is 26.5 Å². The van der Waals surface area contributed by atoms with Gasteiger partial charge in [-0.25, -0.2) is 0 Å². The predicted octanol–water partition coefficient (Wildman–Crippen LogP) is 2.70. The molecule has 0 aromatic carbocycles. The molecule has 0 amide bonds. The Kier molecular flexibility index (Phi) is 1.90. The standard InChI is InChI=1S/C10H11F2NO2/c1-9(2,3)8-4-6-7(5-13-8)15-10(11,12)14-6/h4-5H,1-3H3. The first-order chi connectivity index (χ1) is 6.78. The number of rotatable bonds is 0. The van der Waals surface area contributed by atoms with Crippen LogP contribution >= 0.6 is 0 Å². The van der Waals surface area contributed by atoms with Crippen LogP contribution in [0.4, 0.5) is 8.78 Å². The van der Waals surface area contributed by atoms with E-state index in [0.29, 0.717) is 5.69 Å². The second kappa shape index (κ2) is 2.81. The Balaban J connectivity index is 2.39. The number of nitrogens with zero attached hydrogens (tertiary/aromatic N) is 1. The number of hydrogen-bond acceptors (Lipinski definition) is 3. The van der Waals surface area contributed by atoms with Crippen LogP contribution in [0.2, 0.25) is 0 Å². The first-order valence-corrected chi connectivity index (χ1v) is 4.54. The van der Waals surface area contributed by atoms with Gasteiger partial charge in [0.15, 0.2) is 11.5 Å². The molecular formula is C10H11F2NO2. The second-order valence-corrected chi connectivity index (χ2v) is 4.43. The highest BCUT2D eigenvalue weighted by Gasteiger charge is 2.44. The molecule has 0 saturated heterocycles. The minimum atomic E-state index is -3.57. The van der Waals surface area contributed by atoms with Crippen LogP contribution in [0.5, 0.6) is 11.5 Å². The highest BCUT2D eigenvalue weighted by Crippen LogP contribution is 2.41. The van der Waals surface area contributed by atoms with Crippen molar-refractivity contribution in [2.75, 3.05) is 0 Å². The number of fused-ring (bicyclic) bond motifs is 1. The van der Waals surface area contributed by atoms with Gasteiger partial charge >= 0.3 is 6.29 Å². The maximum atomic E-state index is 12.7. The van der Waals surface area contributed by atoms with E-state index < -0.39 is 6.29 Å². The summed E-state index contributed by atoms with van der Waals surface area (Å²) in [5.74, 6) is 0.0212. The number of aromatic nitrogens is 1. The quantitative estimate of drug-likeness (QED) is 0.666. The number of ether oxygens (including phenoxy) is 2. The van der Waals surface area contributed by atoms with Crippen molar-refractivity contribution in [1.29, 1.82) is 0 Å². The smallest absolute Gasteiger partial charge is 0.395 e. The minimum absolute atomic E-state index is 0.0204. The van der Waals surface area contributed by atoms with Crippen molar-refractivity contribution < 1.29 is 18.3 Å². The van der Waals surface area contributed by atoms with Gasteiger partial charge in [0.05, 0.1) is 6.20 Å². The van der Waals surface area contributed by atoms with E-state index in [0.717, 1.165) is 0 Å². The molecule has 0 aliphatic carbocycles. The molecule has 1 aromatic rings. The number of halogens is 2. The summed E-state index contributed by atoms with van der Waals surface area (Å²) in [5, 5.41) is 0. The molecule has 2 heterocycles. The fourth-order valence-electron chi connectivity index (χ4n) is 1.27. The van der Waals surface area contributed by atoms with Gasteiger partial charge in [-0.05, 0) is 0 Å². The summed E-state index contributed by atoms with van der Waals surface area (Å²) in [4.78, 5) is 4.05. The molecule has 0 bridgehead atoms. The predicted molar refractivity (Wildman–Crippen MR) is 49.1 cm³/mol. The Morgan fingerprint density at radius 1 is 1.20 bits per heavy atom. The third kappa shape index (κ3) is 1.86. The Morgan fingerprint density at radius 2 is 1.80 bits per heavy atom. The van der Waals surface area contributed by atoms with Crippen molar-refractivity contribution in [3.05, 3.63) is 18.0 Å². The monoisotopic (exact) mass is 215 g/mol. The average molecular weight is 215 g/mol. The summed E-state index contributed by atoms with van der Waals surface area (Å²) in [6.45, 7) is 5.82. The van der Waals surface area contributed by atoms with Crippen LogP contribution in [0, 0.1) is 0 Å². The van der Waals surface area contributed by atoms with Crippen LogP contribution < -0.4 is 9.47 Å². The summed E-state index contributed by atoms with van der Waals surface area (Å²) in [5.41, 5.74) is 0.471. The molecule has 15 heavy (non-hydrogen) atoms. The number of alkyl halides is 2. The molecule has 82 valence electrons. The third-order valence-corrected chi connectivity index (χ3v) is 2.06. The normalized spacial score (nSPS) is 17.9. The molecule has 1 aromatic heterocycles. The molecule has 1 aliphatic rings. The van der Waals surface area contributed by atoms with Crippen molar-refractivity contribution in [2.24, 2.45) is 0 Å². The van der Waals surface area contributed by atoms with Crippen LogP contribution in [-0.2, 0) is 5.41 Å². The topological polar surface area (TPSA) is 31.4 Å². The van der Waals surface area contributed by atoms with E-state index in [2.05, 4.69) is 14.5 Å². The molecule has 0 atom stereocenters. The van der Waals surface area contributed by atoms with E-state index in [1.165, 1.54) is 12.3 Å². The zero-order valence-electron chi connectivity index (χ0n) is 8.67. The van der Waals surface area contributed by atoms with E-state index >= 15 is 0 Å². The van der Waals surface area contributed by atoms with Gasteiger partial charge in [-0.2, -0.15) is 0 Å². The summed E-state index contributed by atoms with van der Waals surface area (Å²) in [6, 6.07) is 1.48. The molecular weight excluding hydrogens is 204 g/mol. The SMILES string of the molecule is CC(C)(C)c1cc2c(cn1)OC(F)(F)O2. The Hall–Kier alpha value is -1.39. The van der Waals surface area contributed by atoms with Crippen molar-refractivity contribution in [3.8, 4) is 11.5 Å². The van der Waals surface area contributed by atoms with Gasteiger partial charge in [0.25, 0.3) is 0 Å². The molecule has 3 nitrogen and oxygen atoms in total. The average Bonchev–Trinajstić information content (AvgIpc) is 2.34. The molecule has 0 unspecified atom stereocenters. The van der Waals surface area contributed by atoms with Crippen LogP contribution in [0.25, 0.3) is 0 Å². The molecule has 0 radical (unpaired) electrons. The summed E-state index contributed by atoms with van der Waals surface area (Å²) in [6.07, 6.45) is -2.31. The van der Waals surface area contributed by atoms with E-state index in [9.17, 15) is 8.78 Å². The molecule has 1 aliphatic heterocycles. The Labute approximate surface area is 86.0 Å². The maximum Gasteiger partial charge on any atom is 0.586 e. The Morgan fingerprint density at radius 3 is 2.40 bits per heavy atom. The molecule has 0 spiro atoms. The summed E-state index contributed by atoms with van der Waals surface area (Å²) >= 11 is 0. The molecule has 0 fully saturated rings. The van der Waals surface area contributed by atoms with Gasteiger partial charge in [-0.3, -0.25) is 4.98 Å². The van der Waals surface area contributed by atoms with Crippen LogP contribution in [0.15, 0.2) is 12.3 Å². The van der Waals surface area contributed by atoms with Gasteiger partial charge in [-0.1, -0.05) is 20.8 Å². The fraction of sp³-hybridized carbons (Fsp3) is 0.500. The number of pyridine rings is 1. The minimum Gasteiger partial charge on any atom is -0.395 e. The van der Waals surface area contributed by atoms with Gasteiger partial charge in [0.2, 0.25) is 0 Å². The third-order valence-electron chi connectivity index (χ3n) is 2.06. The Bertz CT molecular complexity index is 399.